The van der Waals surface area contributed by atoms with Gasteiger partial charge in [-0.2, -0.15) is 20.5 Å². The van der Waals surface area contributed by atoms with Gasteiger partial charge >= 0.3 is 0 Å². The number of rotatable bonds is 16. The highest BCUT2D eigenvalue weighted by Crippen LogP contribution is 2.38. The minimum atomic E-state index is -1.64. The molecule has 14 nitrogen and oxygen atoms in total. The first-order valence-electron chi connectivity index (χ1n) is 19.3. The van der Waals surface area contributed by atoms with Crippen LogP contribution in [0.4, 0.5) is 34.1 Å². The first-order chi connectivity index (χ1) is 31.2. The van der Waals surface area contributed by atoms with Gasteiger partial charge in [0.1, 0.15) is 11.4 Å². The van der Waals surface area contributed by atoms with Crippen LogP contribution in [0.15, 0.2) is 93.3 Å². The van der Waals surface area contributed by atoms with Crippen LogP contribution in [0.2, 0.25) is 40.2 Å². The van der Waals surface area contributed by atoms with Gasteiger partial charge in [0.25, 0.3) is 23.6 Å². The Labute approximate surface area is 417 Å². The highest BCUT2D eigenvalue weighted by atomic mass is 35.5. The molecule has 5 aromatic rings. The second-order valence-electron chi connectivity index (χ2n) is 14.0. The number of amides is 4. The molecule has 0 aliphatic carbocycles. The van der Waals surface area contributed by atoms with Crippen LogP contribution in [-0.2, 0) is 32.0 Å². The third-order valence-corrected chi connectivity index (χ3v) is 12.3. The number of carbonyl (C=O) groups is 6. The fraction of sp³-hybridized carbons (Fsp3) is 0.182. The van der Waals surface area contributed by atoms with E-state index in [2.05, 4.69) is 41.7 Å². The molecule has 0 aliphatic heterocycles. The van der Waals surface area contributed by atoms with Crippen LogP contribution in [0.1, 0.15) is 59.5 Å². The highest BCUT2D eigenvalue weighted by molar-refractivity contribution is 6.47. The summed E-state index contributed by atoms with van der Waals surface area (Å²) in [6, 6.07) is 14.0. The summed E-state index contributed by atoms with van der Waals surface area (Å²) in [4.78, 5) is 79.0. The molecule has 0 aliphatic rings. The molecule has 4 N–H and O–H groups in total. The van der Waals surface area contributed by atoms with Crippen LogP contribution in [0.5, 0.6) is 0 Å². The normalized spacial score (nSPS) is 12.2. The van der Waals surface area contributed by atoms with Crippen molar-refractivity contribution in [2.24, 2.45) is 20.5 Å². The largest absolute Gasteiger partial charge is 0.323 e. The van der Waals surface area contributed by atoms with Crippen molar-refractivity contribution >= 4 is 162 Å². The quantitative estimate of drug-likeness (QED) is 0.0430. The maximum Gasteiger partial charge on any atom is 0.258 e. The Hall–Kier alpha value is -5.16. The Kier molecular flexibility index (Phi) is 18.1. The zero-order chi connectivity index (χ0) is 48.6. The number of nitrogens with zero attached hydrogens (tertiary/aromatic N) is 4. The van der Waals surface area contributed by atoms with Gasteiger partial charge in [0.05, 0.1) is 51.6 Å². The minimum absolute atomic E-state index is 0.0249. The molecule has 0 bridgehead atoms. The number of azo groups is 2. The smallest absolute Gasteiger partial charge is 0.258 e. The summed E-state index contributed by atoms with van der Waals surface area (Å²) < 4.78 is 0. The van der Waals surface area contributed by atoms with E-state index in [1.165, 1.54) is 60.7 Å². The number of hydrogen-bond donors (Lipinski definition) is 4. The number of anilines is 4. The Morgan fingerprint density at radius 3 is 1.14 bits per heavy atom. The molecule has 342 valence electrons. The monoisotopic (exact) mass is 1050 g/mol. The van der Waals surface area contributed by atoms with Crippen molar-refractivity contribution < 1.29 is 28.8 Å². The van der Waals surface area contributed by atoms with Crippen LogP contribution in [0.25, 0.3) is 0 Å². The molecular weight excluding hydrogens is 1020 g/mol. The van der Waals surface area contributed by atoms with Gasteiger partial charge in [0, 0.05) is 22.5 Å². The number of halogens is 8. The molecule has 4 amide bonds. The second kappa shape index (κ2) is 23.0. The van der Waals surface area contributed by atoms with E-state index in [1.54, 1.807) is 26.0 Å². The van der Waals surface area contributed by atoms with E-state index in [0.717, 1.165) is 13.8 Å². The van der Waals surface area contributed by atoms with E-state index in [1.807, 2.05) is 0 Å². The van der Waals surface area contributed by atoms with Crippen molar-refractivity contribution in [3.63, 3.8) is 0 Å². The molecule has 66 heavy (non-hydrogen) atoms. The summed E-state index contributed by atoms with van der Waals surface area (Å²) in [7, 11) is 0. The molecular formula is C44H34Cl8N8O6. The molecule has 0 radical (unpaired) electrons. The lowest BCUT2D eigenvalue weighted by Gasteiger charge is -2.18. The van der Waals surface area contributed by atoms with Gasteiger partial charge in [0.15, 0.2) is 11.6 Å². The second-order valence-corrected chi connectivity index (χ2v) is 17.2. The third kappa shape index (κ3) is 12.6. The predicted molar refractivity (Wildman–Crippen MR) is 262 cm³/mol. The number of nitrogens with one attached hydrogen (secondary N) is 4. The topological polar surface area (TPSA) is 200 Å². The van der Waals surface area contributed by atoms with Crippen molar-refractivity contribution in [3.05, 3.63) is 135 Å². The van der Waals surface area contributed by atoms with E-state index >= 15 is 0 Å². The Bertz CT molecular complexity index is 2670. The fourth-order valence-corrected chi connectivity index (χ4v) is 7.46. The Morgan fingerprint density at radius 2 is 0.803 bits per heavy atom. The van der Waals surface area contributed by atoms with Crippen molar-refractivity contribution in [1.82, 2.24) is 0 Å². The fourth-order valence-electron chi connectivity index (χ4n) is 5.90. The van der Waals surface area contributed by atoms with Gasteiger partial charge in [-0.3, -0.25) is 28.8 Å². The van der Waals surface area contributed by atoms with Crippen LogP contribution in [0, 0.1) is 0 Å². The SMILES string of the molecule is CCc1cc(NC(=O)C(N=Nc2cc(C(=O)Nc3c(Cl)ccc(Cl)c3Cl)ccc2Cl)C(C)=O)c(CC)cc1NC(=O)C(N=Nc1cc(C(=O)Nc2c(Cl)ccc(Cl)c2Cl)ccc1Cl)C(C)=O. The zero-order valence-electron chi connectivity index (χ0n) is 34.8. The van der Waals surface area contributed by atoms with Gasteiger partial charge in [-0.1, -0.05) is 107 Å². The highest BCUT2D eigenvalue weighted by Gasteiger charge is 2.27. The number of benzene rings is 5. The molecule has 0 heterocycles. The van der Waals surface area contributed by atoms with Crippen molar-refractivity contribution in [2.45, 2.75) is 52.6 Å². The summed E-state index contributed by atoms with van der Waals surface area (Å²) in [5.41, 5.74) is 1.97. The van der Waals surface area contributed by atoms with Gasteiger partial charge in [-0.05, 0) is 111 Å². The van der Waals surface area contributed by atoms with Crippen LogP contribution in [-0.4, -0.2) is 47.3 Å². The van der Waals surface area contributed by atoms with E-state index < -0.39 is 47.3 Å². The van der Waals surface area contributed by atoms with Gasteiger partial charge < -0.3 is 21.3 Å². The van der Waals surface area contributed by atoms with Gasteiger partial charge in [-0.15, -0.1) is 0 Å². The van der Waals surface area contributed by atoms with Gasteiger partial charge in [0.2, 0.25) is 12.1 Å². The molecule has 0 saturated heterocycles. The average Bonchev–Trinajstić information content (AvgIpc) is 3.27. The van der Waals surface area contributed by atoms with E-state index in [9.17, 15) is 28.8 Å². The Morgan fingerprint density at radius 1 is 0.470 bits per heavy atom. The summed E-state index contributed by atoms with van der Waals surface area (Å²) in [5.74, 6) is -4.25. The van der Waals surface area contributed by atoms with E-state index in [4.69, 9.17) is 92.8 Å². The third-order valence-electron chi connectivity index (χ3n) is 9.42. The molecule has 2 atom stereocenters. The molecule has 22 heteroatoms. The first kappa shape index (κ1) is 51.8. The zero-order valence-corrected chi connectivity index (χ0v) is 40.8. The number of aryl methyl sites for hydroxylation is 2. The predicted octanol–water partition coefficient (Wildman–Crippen LogP) is 13.9. The van der Waals surface area contributed by atoms with Crippen LogP contribution < -0.4 is 21.3 Å². The lowest BCUT2D eigenvalue weighted by molar-refractivity contribution is -0.127. The molecule has 2 unspecified atom stereocenters. The van der Waals surface area contributed by atoms with E-state index in [0.29, 0.717) is 35.3 Å². The summed E-state index contributed by atoms with van der Waals surface area (Å²) >= 11 is 49.7. The molecule has 0 fully saturated rings. The van der Waals surface area contributed by atoms with Crippen LogP contribution in [0.3, 0.4) is 0 Å². The molecule has 5 rings (SSSR count). The van der Waals surface area contributed by atoms with Crippen molar-refractivity contribution in [2.75, 3.05) is 21.3 Å². The lowest BCUT2D eigenvalue weighted by atomic mass is 10.0. The van der Waals surface area contributed by atoms with Crippen molar-refractivity contribution in [3.8, 4) is 0 Å². The standard InChI is InChI=1S/C44H34Cl8N8O6/c1-5-21-15-32(54-44(66)38(20(4)62)60-58-34-18-24(8-10-26(34)46)42(64)56-40-30(50)14-12-28(48)36(40)52)22(6-2)16-31(21)53-43(65)37(19(3)61)59-57-33-17-23(7-9-25(33)45)41(63)55-39-29(49)13-11-27(47)35(39)51/h7-18,37-38H,5-6H2,1-4H3,(H,53,65)(H,54,66)(H,55,63)(H,56,64). The average molecular weight is 1050 g/mol. The van der Waals surface area contributed by atoms with Crippen LogP contribution >= 0.6 is 92.8 Å². The molecule has 0 aromatic heterocycles. The minimum Gasteiger partial charge on any atom is -0.323 e. The van der Waals surface area contributed by atoms with Gasteiger partial charge in [-0.25, -0.2) is 0 Å². The number of carbonyl (C=O) groups excluding carboxylic acids is 6. The molecule has 0 saturated carbocycles. The van der Waals surface area contributed by atoms with Crippen molar-refractivity contribution in [1.29, 1.82) is 0 Å². The maximum absolute atomic E-state index is 13.6. The first-order valence-corrected chi connectivity index (χ1v) is 22.4. The lowest BCUT2D eigenvalue weighted by Crippen LogP contribution is -2.33. The number of ketones is 2. The summed E-state index contributed by atoms with van der Waals surface area (Å²) in [6.07, 6.45) is 0.692. The summed E-state index contributed by atoms with van der Waals surface area (Å²) in [6.45, 7) is 5.91. The molecule has 5 aromatic carbocycles. The summed E-state index contributed by atoms with van der Waals surface area (Å²) in [5, 5.41) is 27.5. The van der Waals surface area contributed by atoms with E-state index in [-0.39, 0.29) is 74.1 Å². The number of Topliss-reactive ketones (excluding diaryl/α,β-unsaturated/α-hetero) is 2. The Balaban J connectivity index is 1.32. The number of hydrogen-bond acceptors (Lipinski definition) is 10. The maximum atomic E-state index is 13.6. The molecule has 0 spiro atoms.